The molecular weight excluding hydrogens is 324 g/mol. The standard InChI is InChI=1S/C16H8BrClO/c17-13-6-2-5-12-11-4-1-3-9-7-10(18)8-14(15(9)11)19-16(12)13/h1-8H. The van der Waals surface area contributed by atoms with E-state index in [1.165, 1.54) is 5.56 Å². The Labute approximate surface area is 123 Å². The smallest absolute Gasteiger partial charge is 0.149 e. The van der Waals surface area contributed by atoms with Crippen molar-refractivity contribution in [2.75, 3.05) is 0 Å². The van der Waals surface area contributed by atoms with Gasteiger partial charge in [-0.15, -0.1) is 0 Å². The zero-order valence-electron chi connectivity index (χ0n) is 9.78. The van der Waals surface area contributed by atoms with E-state index in [1.54, 1.807) is 0 Å². The van der Waals surface area contributed by atoms with Crippen LogP contribution in [0.5, 0.6) is 11.5 Å². The zero-order chi connectivity index (χ0) is 13.0. The first kappa shape index (κ1) is 11.3. The summed E-state index contributed by atoms with van der Waals surface area (Å²) in [7, 11) is 0. The van der Waals surface area contributed by atoms with Crippen LogP contribution in [0.1, 0.15) is 0 Å². The van der Waals surface area contributed by atoms with Crippen molar-refractivity contribution in [2.45, 2.75) is 0 Å². The Hall–Kier alpha value is -1.51. The summed E-state index contributed by atoms with van der Waals surface area (Å²) < 4.78 is 6.98. The van der Waals surface area contributed by atoms with E-state index in [9.17, 15) is 0 Å². The molecule has 4 rings (SSSR count). The maximum atomic E-state index is 6.15. The van der Waals surface area contributed by atoms with Gasteiger partial charge >= 0.3 is 0 Å². The SMILES string of the molecule is Clc1cc2c3c(cccc3c1)-c1cccc(Br)c1O2. The lowest BCUT2D eigenvalue weighted by Gasteiger charge is -2.22. The van der Waals surface area contributed by atoms with Gasteiger partial charge in [0.2, 0.25) is 0 Å². The maximum Gasteiger partial charge on any atom is 0.149 e. The largest absolute Gasteiger partial charge is 0.455 e. The number of hydrogen-bond acceptors (Lipinski definition) is 1. The van der Waals surface area contributed by atoms with Crippen LogP contribution in [0.25, 0.3) is 21.9 Å². The van der Waals surface area contributed by atoms with Gasteiger partial charge in [-0.2, -0.15) is 0 Å². The van der Waals surface area contributed by atoms with Crippen LogP contribution in [0.15, 0.2) is 53.0 Å². The summed E-state index contributed by atoms with van der Waals surface area (Å²) in [5, 5.41) is 2.92. The Morgan fingerprint density at radius 2 is 1.74 bits per heavy atom. The van der Waals surface area contributed by atoms with Crippen LogP contribution in [0.4, 0.5) is 0 Å². The van der Waals surface area contributed by atoms with Gasteiger partial charge in [-0.05, 0) is 39.0 Å². The highest BCUT2D eigenvalue weighted by Gasteiger charge is 2.21. The van der Waals surface area contributed by atoms with E-state index in [0.29, 0.717) is 5.02 Å². The van der Waals surface area contributed by atoms with E-state index < -0.39 is 0 Å². The minimum absolute atomic E-state index is 0.690. The third-order valence-electron chi connectivity index (χ3n) is 3.37. The second-order valence-corrected chi connectivity index (χ2v) is 5.82. The molecule has 0 spiro atoms. The molecule has 0 unspecified atom stereocenters. The minimum Gasteiger partial charge on any atom is -0.455 e. The molecule has 0 bridgehead atoms. The highest BCUT2D eigenvalue weighted by molar-refractivity contribution is 9.10. The highest BCUT2D eigenvalue weighted by Crippen LogP contribution is 2.49. The molecule has 92 valence electrons. The van der Waals surface area contributed by atoms with Gasteiger partial charge in [-0.25, -0.2) is 0 Å². The molecule has 0 N–H and O–H groups in total. The summed E-state index contributed by atoms with van der Waals surface area (Å²) in [6, 6.07) is 16.1. The fourth-order valence-corrected chi connectivity index (χ4v) is 3.26. The third-order valence-corrected chi connectivity index (χ3v) is 4.22. The van der Waals surface area contributed by atoms with E-state index in [-0.39, 0.29) is 0 Å². The number of benzene rings is 3. The van der Waals surface area contributed by atoms with E-state index >= 15 is 0 Å². The second-order valence-electron chi connectivity index (χ2n) is 4.53. The molecule has 0 aliphatic carbocycles. The molecule has 3 aromatic carbocycles. The molecule has 1 aliphatic rings. The van der Waals surface area contributed by atoms with Crippen molar-refractivity contribution in [1.82, 2.24) is 0 Å². The normalized spacial score (nSPS) is 12.1. The van der Waals surface area contributed by atoms with Gasteiger partial charge in [0.05, 0.1) is 4.47 Å². The average Bonchev–Trinajstić information content (AvgIpc) is 2.40. The molecule has 0 fully saturated rings. The van der Waals surface area contributed by atoms with Crippen molar-refractivity contribution >= 4 is 38.3 Å². The van der Waals surface area contributed by atoms with Gasteiger partial charge in [0.25, 0.3) is 0 Å². The molecule has 1 heterocycles. The molecule has 0 saturated carbocycles. The molecule has 0 amide bonds. The summed E-state index contributed by atoms with van der Waals surface area (Å²) in [5.41, 5.74) is 2.29. The quantitative estimate of drug-likeness (QED) is 0.382. The lowest BCUT2D eigenvalue weighted by Crippen LogP contribution is -1.97. The van der Waals surface area contributed by atoms with Gasteiger partial charge in [0.15, 0.2) is 0 Å². The number of rotatable bonds is 0. The number of hydrogen-bond donors (Lipinski definition) is 0. The van der Waals surface area contributed by atoms with Crippen molar-refractivity contribution in [3.8, 4) is 22.6 Å². The first-order valence-corrected chi connectivity index (χ1v) is 7.10. The van der Waals surface area contributed by atoms with E-state index in [1.807, 2.05) is 30.3 Å². The summed E-state index contributed by atoms with van der Waals surface area (Å²) >= 11 is 9.70. The monoisotopic (exact) mass is 330 g/mol. The van der Waals surface area contributed by atoms with Crippen molar-refractivity contribution in [1.29, 1.82) is 0 Å². The van der Waals surface area contributed by atoms with Crippen LogP contribution in [0, 0.1) is 0 Å². The fourth-order valence-electron chi connectivity index (χ4n) is 2.59. The summed E-state index contributed by atoms with van der Waals surface area (Å²) in [5.74, 6) is 1.67. The molecule has 1 nitrogen and oxygen atoms in total. The van der Waals surface area contributed by atoms with Gasteiger partial charge in [-0.3, -0.25) is 0 Å². The topological polar surface area (TPSA) is 9.23 Å². The Bertz CT molecular complexity index is 826. The molecule has 0 aromatic heterocycles. The van der Waals surface area contributed by atoms with E-state index in [4.69, 9.17) is 16.3 Å². The highest BCUT2D eigenvalue weighted by atomic mass is 79.9. The minimum atomic E-state index is 0.690. The summed E-state index contributed by atoms with van der Waals surface area (Å²) in [4.78, 5) is 0. The van der Waals surface area contributed by atoms with Crippen molar-refractivity contribution in [2.24, 2.45) is 0 Å². The Kier molecular flexibility index (Phi) is 2.38. The molecule has 1 aliphatic heterocycles. The fraction of sp³-hybridized carbons (Fsp3) is 0. The molecule has 0 radical (unpaired) electrons. The zero-order valence-corrected chi connectivity index (χ0v) is 12.1. The molecule has 3 aromatic rings. The second kappa shape index (κ2) is 3.99. The number of halogens is 2. The van der Waals surface area contributed by atoms with Gasteiger partial charge in [0.1, 0.15) is 11.5 Å². The van der Waals surface area contributed by atoms with Crippen molar-refractivity contribution < 1.29 is 4.74 Å². The van der Waals surface area contributed by atoms with Crippen LogP contribution >= 0.6 is 27.5 Å². The lowest BCUT2D eigenvalue weighted by atomic mass is 9.95. The first-order chi connectivity index (χ1) is 9.24. The maximum absolute atomic E-state index is 6.15. The summed E-state index contributed by atoms with van der Waals surface area (Å²) in [6.45, 7) is 0. The third kappa shape index (κ3) is 1.60. The Morgan fingerprint density at radius 1 is 0.947 bits per heavy atom. The van der Waals surface area contributed by atoms with Crippen LogP contribution in [-0.2, 0) is 0 Å². The predicted octanol–water partition coefficient (Wildman–Crippen LogP) is 6.03. The predicted molar refractivity (Wildman–Crippen MR) is 82.2 cm³/mol. The molecular formula is C16H8BrClO. The Balaban J connectivity index is 2.19. The summed E-state index contributed by atoms with van der Waals surface area (Å²) in [6.07, 6.45) is 0. The van der Waals surface area contributed by atoms with Crippen LogP contribution in [-0.4, -0.2) is 0 Å². The van der Waals surface area contributed by atoms with Crippen LogP contribution in [0.3, 0.4) is 0 Å². The molecule has 0 saturated heterocycles. The van der Waals surface area contributed by atoms with E-state index in [0.717, 1.165) is 32.3 Å². The number of para-hydroxylation sites is 1. The lowest BCUT2D eigenvalue weighted by molar-refractivity contribution is 0.484. The average molecular weight is 332 g/mol. The number of fused-ring (bicyclic) bond motifs is 2. The number of ether oxygens (including phenoxy) is 1. The molecule has 0 atom stereocenters. The van der Waals surface area contributed by atoms with Gasteiger partial charge < -0.3 is 4.74 Å². The van der Waals surface area contributed by atoms with Crippen molar-refractivity contribution in [3.05, 3.63) is 58.0 Å². The van der Waals surface area contributed by atoms with E-state index in [2.05, 4.69) is 34.1 Å². The molecule has 3 heteroatoms. The van der Waals surface area contributed by atoms with Crippen LogP contribution < -0.4 is 4.74 Å². The van der Waals surface area contributed by atoms with Crippen molar-refractivity contribution in [3.63, 3.8) is 0 Å². The molecule has 19 heavy (non-hydrogen) atoms. The van der Waals surface area contributed by atoms with Crippen LogP contribution in [0.2, 0.25) is 5.02 Å². The first-order valence-electron chi connectivity index (χ1n) is 5.93. The van der Waals surface area contributed by atoms with Gasteiger partial charge in [-0.1, -0.05) is 41.9 Å². The van der Waals surface area contributed by atoms with Gasteiger partial charge in [0, 0.05) is 22.0 Å². The Morgan fingerprint density at radius 3 is 2.63 bits per heavy atom.